The van der Waals surface area contributed by atoms with Crippen molar-refractivity contribution in [3.05, 3.63) is 114 Å². The zero-order valence-corrected chi connectivity index (χ0v) is 15.1. The van der Waals surface area contributed by atoms with Crippen LogP contribution in [0.5, 0.6) is 17.2 Å². The first-order valence-corrected chi connectivity index (χ1v) is 10.3. The van der Waals surface area contributed by atoms with E-state index in [2.05, 4.69) is 0 Å². The van der Waals surface area contributed by atoms with Crippen LogP contribution in [-0.4, -0.2) is 8.56 Å². The zero-order valence-electron chi connectivity index (χ0n) is 14.1. The number of para-hydroxylation sites is 3. The molecule has 4 rings (SSSR count). The second kappa shape index (κ2) is 7.33. The highest BCUT2D eigenvalue weighted by Crippen LogP contribution is 2.31. The lowest BCUT2D eigenvalue weighted by molar-refractivity contribution is 0.357. The quantitative estimate of drug-likeness (QED) is 0.567. The molecule has 1 heterocycles. The van der Waals surface area contributed by atoms with Gasteiger partial charge in [-0.25, -0.2) is 0 Å². The molecule has 0 saturated heterocycles. The fourth-order valence-corrected chi connectivity index (χ4v) is 5.15. The van der Waals surface area contributed by atoms with Gasteiger partial charge in [-0.15, -0.1) is 0 Å². The van der Waals surface area contributed by atoms with Crippen LogP contribution in [0.1, 0.15) is 0 Å². The van der Waals surface area contributed by atoms with Gasteiger partial charge < -0.3 is 13.6 Å². The maximum atomic E-state index is 6.39. The average molecular weight is 358 g/mol. The number of ether oxygens (including phenoxy) is 1. The van der Waals surface area contributed by atoms with Crippen molar-refractivity contribution in [2.45, 2.75) is 0 Å². The molecule has 0 aromatic heterocycles. The molecule has 0 saturated carbocycles. The minimum absolute atomic E-state index is 0.705. The Kier molecular flexibility index (Phi) is 4.58. The lowest BCUT2D eigenvalue weighted by Gasteiger charge is -2.28. The molecule has 0 N–H and O–H groups in total. The van der Waals surface area contributed by atoms with Crippen molar-refractivity contribution >= 4 is 8.56 Å². The van der Waals surface area contributed by atoms with Crippen LogP contribution in [0.4, 0.5) is 0 Å². The van der Waals surface area contributed by atoms with Gasteiger partial charge in [0, 0.05) is 0 Å². The Morgan fingerprint density at radius 1 is 0.538 bits per heavy atom. The normalized spacial score (nSPS) is 14.5. The first kappa shape index (κ1) is 16.2. The second-order valence-electron chi connectivity index (χ2n) is 5.80. The number of allylic oxidation sites excluding steroid dienone is 2. The molecule has 0 fully saturated rings. The van der Waals surface area contributed by atoms with Crippen LogP contribution < -0.4 is 13.6 Å². The van der Waals surface area contributed by atoms with Gasteiger partial charge >= 0.3 is 8.56 Å². The van der Waals surface area contributed by atoms with Crippen molar-refractivity contribution in [3.8, 4) is 17.2 Å². The summed E-state index contributed by atoms with van der Waals surface area (Å²) in [6, 6.07) is 29.1. The van der Waals surface area contributed by atoms with Gasteiger partial charge in [0.2, 0.25) is 0 Å². The van der Waals surface area contributed by atoms with Gasteiger partial charge in [0.05, 0.1) is 0 Å². The largest absolute Gasteiger partial charge is 0.560 e. The van der Waals surface area contributed by atoms with E-state index in [1.54, 1.807) is 0 Å². The van der Waals surface area contributed by atoms with Crippen LogP contribution in [0, 0.1) is 0 Å². The summed E-state index contributed by atoms with van der Waals surface area (Å²) in [7, 11) is -2.97. The topological polar surface area (TPSA) is 27.7 Å². The first-order chi connectivity index (χ1) is 12.8. The Labute approximate surface area is 154 Å². The van der Waals surface area contributed by atoms with Gasteiger partial charge in [-0.1, -0.05) is 60.7 Å². The van der Waals surface area contributed by atoms with Crippen LogP contribution in [0.25, 0.3) is 0 Å². The molecule has 0 amide bonds. The van der Waals surface area contributed by atoms with E-state index in [0.717, 1.165) is 17.2 Å². The van der Waals surface area contributed by atoms with Crippen molar-refractivity contribution in [1.29, 1.82) is 0 Å². The third-order valence-corrected chi connectivity index (χ3v) is 6.57. The predicted molar refractivity (Wildman–Crippen MR) is 104 cm³/mol. The molecule has 1 aliphatic rings. The van der Waals surface area contributed by atoms with Crippen LogP contribution in [0.15, 0.2) is 114 Å². The van der Waals surface area contributed by atoms with Crippen LogP contribution >= 0.6 is 0 Å². The van der Waals surface area contributed by atoms with E-state index >= 15 is 0 Å². The minimum Gasteiger partial charge on any atom is -0.504 e. The Balaban J connectivity index is 1.67. The molecular weight excluding hydrogens is 340 g/mol. The molecule has 1 aliphatic heterocycles. The Morgan fingerprint density at radius 3 is 1.50 bits per heavy atom. The summed E-state index contributed by atoms with van der Waals surface area (Å²) in [5, 5.41) is 0.705. The van der Waals surface area contributed by atoms with E-state index in [4.69, 9.17) is 13.6 Å². The van der Waals surface area contributed by atoms with Gasteiger partial charge in [0.25, 0.3) is 0 Å². The summed E-state index contributed by atoms with van der Waals surface area (Å²) in [6.45, 7) is 0. The fourth-order valence-electron chi connectivity index (χ4n) is 2.70. The molecule has 26 heavy (non-hydrogen) atoms. The standard InChI is InChI=1S/C22H18O3Si/c1-4-11-19(12-5-1)23-22-17-10-18-26(22,24-20-13-6-2-7-14-20)25-21-15-8-3-9-16-21/h1-18H. The van der Waals surface area contributed by atoms with Crippen molar-refractivity contribution in [2.24, 2.45) is 0 Å². The number of hydrogen-bond acceptors (Lipinski definition) is 3. The van der Waals surface area contributed by atoms with Crippen molar-refractivity contribution in [3.63, 3.8) is 0 Å². The van der Waals surface area contributed by atoms with Gasteiger partial charge in [0.1, 0.15) is 17.2 Å². The Hall–Kier alpha value is -3.24. The highest BCUT2D eigenvalue weighted by molar-refractivity contribution is 6.81. The van der Waals surface area contributed by atoms with E-state index in [0.29, 0.717) is 5.38 Å². The summed E-state index contributed by atoms with van der Waals surface area (Å²) in [5.74, 6) is 2.26. The third-order valence-electron chi connectivity index (χ3n) is 3.90. The van der Waals surface area contributed by atoms with Gasteiger partial charge in [-0.3, -0.25) is 0 Å². The molecule has 128 valence electrons. The molecule has 3 aromatic rings. The SMILES string of the molecule is C1=C[Si](Oc2ccccc2)(Oc2ccccc2)C(Oc2ccccc2)=C1. The fraction of sp³-hybridized carbons (Fsp3) is 0. The molecular formula is C22H18O3Si. The number of benzene rings is 3. The molecule has 0 aliphatic carbocycles. The highest BCUT2D eigenvalue weighted by atomic mass is 28.4. The molecule has 0 radical (unpaired) electrons. The Bertz CT molecular complexity index is 864. The lowest BCUT2D eigenvalue weighted by Crippen LogP contribution is -2.50. The zero-order chi connectivity index (χ0) is 17.7. The van der Waals surface area contributed by atoms with Crippen molar-refractivity contribution in [1.82, 2.24) is 0 Å². The summed E-state index contributed by atoms with van der Waals surface area (Å²) in [4.78, 5) is 0. The van der Waals surface area contributed by atoms with E-state index in [-0.39, 0.29) is 0 Å². The van der Waals surface area contributed by atoms with Gasteiger partial charge in [-0.05, 0) is 48.2 Å². The molecule has 0 spiro atoms. The van der Waals surface area contributed by atoms with Crippen LogP contribution in [0.2, 0.25) is 0 Å². The van der Waals surface area contributed by atoms with Crippen molar-refractivity contribution in [2.75, 3.05) is 0 Å². The van der Waals surface area contributed by atoms with E-state index in [9.17, 15) is 0 Å². The van der Waals surface area contributed by atoms with Crippen LogP contribution in [-0.2, 0) is 0 Å². The summed E-state index contributed by atoms with van der Waals surface area (Å²) < 4.78 is 18.9. The maximum absolute atomic E-state index is 6.39. The molecule has 0 unspecified atom stereocenters. The highest BCUT2D eigenvalue weighted by Gasteiger charge is 2.49. The molecule has 3 nitrogen and oxygen atoms in total. The van der Waals surface area contributed by atoms with E-state index in [1.807, 2.05) is 109 Å². The molecule has 3 aromatic carbocycles. The summed E-state index contributed by atoms with van der Waals surface area (Å²) in [5.41, 5.74) is 1.99. The summed E-state index contributed by atoms with van der Waals surface area (Å²) >= 11 is 0. The monoisotopic (exact) mass is 358 g/mol. The van der Waals surface area contributed by atoms with E-state index < -0.39 is 8.56 Å². The first-order valence-electron chi connectivity index (χ1n) is 8.45. The Morgan fingerprint density at radius 2 is 1.00 bits per heavy atom. The molecule has 0 bridgehead atoms. The van der Waals surface area contributed by atoms with E-state index in [1.165, 1.54) is 0 Å². The third kappa shape index (κ3) is 3.55. The maximum Gasteiger partial charge on any atom is 0.560 e. The van der Waals surface area contributed by atoms with Crippen LogP contribution in [0.3, 0.4) is 0 Å². The average Bonchev–Trinajstić information content (AvgIpc) is 3.06. The van der Waals surface area contributed by atoms with Gasteiger partial charge in [0.15, 0.2) is 5.38 Å². The number of hydrogen-bond donors (Lipinski definition) is 0. The number of rotatable bonds is 6. The second-order valence-corrected chi connectivity index (χ2v) is 8.37. The minimum atomic E-state index is -2.97. The predicted octanol–water partition coefficient (Wildman–Crippen LogP) is 5.20. The van der Waals surface area contributed by atoms with Gasteiger partial charge in [-0.2, -0.15) is 0 Å². The summed E-state index contributed by atoms with van der Waals surface area (Å²) in [6.07, 6.45) is 3.86. The lowest BCUT2D eigenvalue weighted by atomic mass is 10.3. The van der Waals surface area contributed by atoms with Crippen molar-refractivity contribution < 1.29 is 13.6 Å². The smallest absolute Gasteiger partial charge is 0.504 e. The molecule has 4 heteroatoms. The molecule has 0 atom stereocenters.